The van der Waals surface area contributed by atoms with E-state index < -0.39 is 0 Å². The van der Waals surface area contributed by atoms with Gasteiger partial charge < -0.3 is 9.64 Å². The highest BCUT2D eigenvalue weighted by atomic mass is 35.5. The van der Waals surface area contributed by atoms with Crippen LogP contribution in [0.1, 0.15) is 12.8 Å². The summed E-state index contributed by atoms with van der Waals surface area (Å²) in [6.45, 7) is 0.970. The molecule has 3 rings (SSSR count). The third-order valence-corrected chi connectivity index (χ3v) is 3.87. The van der Waals surface area contributed by atoms with E-state index >= 15 is 0 Å². The highest BCUT2D eigenvalue weighted by molar-refractivity contribution is 6.30. The summed E-state index contributed by atoms with van der Waals surface area (Å²) in [6, 6.07) is 3.15. The number of hydrogen-bond donors (Lipinski definition) is 0. The lowest BCUT2D eigenvalue weighted by Crippen LogP contribution is -2.46. The zero-order valence-corrected chi connectivity index (χ0v) is 13.6. The molecule has 0 aromatic carbocycles. The molecule has 8 nitrogen and oxygen atoms in total. The van der Waals surface area contributed by atoms with E-state index in [-0.39, 0.29) is 30.1 Å². The monoisotopic (exact) mass is 349 g/mol. The predicted molar refractivity (Wildman–Crippen MR) is 85.8 cm³/mol. The molecule has 0 saturated carbocycles. The SMILES string of the molecule is O=C(Cn1ncccc1=O)N1CCC[C@@H](Oc2ncc(Cl)cn2)C1. The molecular weight excluding hydrogens is 334 g/mol. The average Bonchev–Trinajstić information content (AvgIpc) is 2.59. The summed E-state index contributed by atoms with van der Waals surface area (Å²) in [5, 5.41) is 4.33. The predicted octanol–water partition coefficient (Wildman–Crippen LogP) is 0.757. The van der Waals surface area contributed by atoms with Crippen LogP contribution in [0.2, 0.25) is 5.02 Å². The van der Waals surface area contributed by atoms with Crippen LogP contribution in [0.5, 0.6) is 6.01 Å². The lowest BCUT2D eigenvalue weighted by molar-refractivity contribution is -0.134. The molecular formula is C15H16ClN5O3. The minimum Gasteiger partial charge on any atom is -0.458 e. The normalized spacial score (nSPS) is 17.5. The standard InChI is InChI=1S/C15H16ClN5O3/c16-11-7-17-15(18-8-11)24-12-3-2-6-20(9-12)14(23)10-21-13(22)4-1-5-19-21/h1,4-5,7-8,12H,2-3,6,9-10H2/t12-/m1/s1. The fourth-order valence-electron chi connectivity index (χ4n) is 2.51. The zero-order valence-electron chi connectivity index (χ0n) is 12.8. The molecule has 3 heterocycles. The molecule has 0 aliphatic carbocycles. The molecule has 1 amide bonds. The number of likely N-dealkylation sites (tertiary alicyclic amines) is 1. The van der Waals surface area contributed by atoms with Crippen molar-refractivity contribution >= 4 is 17.5 Å². The van der Waals surface area contributed by atoms with Gasteiger partial charge in [-0.3, -0.25) is 9.59 Å². The van der Waals surface area contributed by atoms with Gasteiger partial charge in [0.05, 0.1) is 24.0 Å². The summed E-state index contributed by atoms with van der Waals surface area (Å²) >= 11 is 5.74. The van der Waals surface area contributed by atoms with Crippen LogP contribution in [0.25, 0.3) is 0 Å². The number of rotatable bonds is 4. The van der Waals surface area contributed by atoms with Crippen molar-refractivity contribution in [3.8, 4) is 6.01 Å². The topological polar surface area (TPSA) is 90.2 Å². The number of carbonyl (C=O) groups is 1. The van der Waals surface area contributed by atoms with Crippen LogP contribution < -0.4 is 10.3 Å². The molecule has 0 bridgehead atoms. The van der Waals surface area contributed by atoms with Crippen molar-refractivity contribution in [2.75, 3.05) is 13.1 Å². The molecule has 2 aromatic heterocycles. The smallest absolute Gasteiger partial charge is 0.316 e. The first-order valence-electron chi connectivity index (χ1n) is 7.56. The third-order valence-electron chi connectivity index (χ3n) is 3.67. The zero-order chi connectivity index (χ0) is 16.9. The van der Waals surface area contributed by atoms with Gasteiger partial charge in [0.25, 0.3) is 5.56 Å². The Morgan fingerprint density at radius 1 is 1.38 bits per heavy atom. The van der Waals surface area contributed by atoms with Crippen molar-refractivity contribution in [3.05, 3.63) is 46.1 Å². The van der Waals surface area contributed by atoms with Crippen LogP contribution in [0, 0.1) is 0 Å². The quantitative estimate of drug-likeness (QED) is 0.809. The van der Waals surface area contributed by atoms with Gasteiger partial charge in [-0.2, -0.15) is 5.10 Å². The van der Waals surface area contributed by atoms with Crippen molar-refractivity contribution in [1.82, 2.24) is 24.6 Å². The molecule has 9 heteroatoms. The Balaban J connectivity index is 1.60. The number of ether oxygens (including phenoxy) is 1. The van der Waals surface area contributed by atoms with Crippen LogP contribution in [-0.4, -0.2) is 49.7 Å². The summed E-state index contributed by atoms with van der Waals surface area (Å²) < 4.78 is 6.85. The molecule has 1 saturated heterocycles. The van der Waals surface area contributed by atoms with Gasteiger partial charge in [0.15, 0.2) is 0 Å². The molecule has 2 aromatic rings. The van der Waals surface area contributed by atoms with E-state index in [2.05, 4.69) is 15.1 Å². The Labute approximate surface area is 143 Å². The van der Waals surface area contributed by atoms with E-state index in [4.69, 9.17) is 16.3 Å². The maximum Gasteiger partial charge on any atom is 0.316 e. The molecule has 0 spiro atoms. The molecule has 0 N–H and O–H groups in total. The van der Waals surface area contributed by atoms with E-state index in [9.17, 15) is 9.59 Å². The first kappa shape index (κ1) is 16.4. The van der Waals surface area contributed by atoms with Crippen LogP contribution in [0.4, 0.5) is 0 Å². The van der Waals surface area contributed by atoms with Crippen molar-refractivity contribution < 1.29 is 9.53 Å². The van der Waals surface area contributed by atoms with Crippen LogP contribution in [-0.2, 0) is 11.3 Å². The van der Waals surface area contributed by atoms with Gasteiger partial charge in [0.1, 0.15) is 12.6 Å². The number of aromatic nitrogens is 4. The third kappa shape index (κ3) is 4.08. The number of halogens is 1. The van der Waals surface area contributed by atoms with Crippen LogP contribution >= 0.6 is 11.6 Å². The van der Waals surface area contributed by atoms with E-state index in [1.807, 2.05) is 0 Å². The highest BCUT2D eigenvalue weighted by Crippen LogP contribution is 2.16. The van der Waals surface area contributed by atoms with Crippen LogP contribution in [0.3, 0.4) is 0 Å². The summed E-state index contributed by atoms with van der Waals surface area (Å²) in [5.41, 5.74) is -0.301. The molecule has 1 fully saturated rings. The Morgan fingerprint density at radius 3 is 2.92 bits per heavy atom. The largest absolute Gasteiger partial charge is 0.458 e. The van der Waals surface area contributed by atoms with E-state index in [0.717, 1.165) is 17.5 Å². The Hall–Kier alpha value is -2.48. The number of carbonyl (C=O) groups excluding carboxylic acids is 1. The lowest BCUT2D eigenvalue weighted by Gasteiger charge is -2.32. The van der Waals surface area contributed by atoms with E-state index in [0.29, 0.717) is 18.1 Å². The summed E-state index contributed by atoms with van der Waals surface area (Å²) in [6.07, 6.45) is 5.82. The number of nitrogens with zero attached hydrogens (tertiary/aromatic N) is 5. The summed E-state index contributed by atoms with van der Waals surface area (Å²) in [7, 11) is 0. The Morgan fingerprint density at radius 2 is 2.17 bits per heavy atom. The molecule has 0 unspecified atom stereocenters. The number of hydrogen-bond acceptors (Lipinski definition) is 6. The second kappa shape index (κ2) is 7.39. The highest BCUT2D eigenvalue weighted by Gasteiger charge is 2.25. The van der Waals surface area contributed by atoms with Gasteiger partial charge in [-0.05, 0) is 18.9 Å². The summed E-state index contributed by atoms with van der Waals surface area (Å²) in [5.74, 6) is -0.166. The molecule has 0 radical (unpaired) electrons. The lowest BCUT2D eigenvalue weighted by atomic mass is 10.1. The van der Waals surface area contributed by atoms with Gasteiger partial charge in [-0.1, -0.05) is 11.6 Å². The molecule has 126 valence electrons. The second-order valence-electron chi connectivity index (χ2n) is 5.43. The molecule has 24 heavy (non-hydrogen) atoms. The molecule has 1 aliphatic rings. The minimum atomic E-state index is -0.301. The van der Waals surface area contributed by atoms with Gasteiger partial charge in [0.2, 0.25) is 5.91 Å². The van der Waals surface area contributed by atoms with Gasteiger partial charge in [-0.15, -0.1) is 0 Å². The summed E-state index contributed by atoms with van der Waals surface area (Å²) in [4.78, 5) is 33.7. The molecule has 1 atom stereocenters. The first-order chi connectivity index (χ1) is 11.6. The maximum atomic E-state index is 12.4. The maximum absolute atomic E-state index is 12.4. The van der Waals surface area contributed by atoms with E-state index in [1.54, 1.807) is 11.0 Å². The average molecular weight is 350 g/mol. The molecule has 1 aliphatic heterocycles. The minimum absolute atomic E-state index is 0.0795. The van der Waals surface area contributed by atoms with Crippen molar-refractivity contribution in [3.63, 3.8) is 0 Å². The van der Waals surface area contributed by atoms with Gasteiger partial charge in [-0.25, -0.2) is 14.6 Å². The van der Waals surface area contributed by atoms with Crippen molar-refractivity contribution in [2.24, 2.45) is 0 Å². The Kier molecular flexibility index (Phi) is 5.05. The van der Waals surface area contributed by atoms with Gasteiger partial charge in [0, 0.05) is 18.8 Å². The van der Waals surface area contributed by atoms with Crippen molar-refractivity contribution in [2.45, 2.75) is 25.5 Å². The van der Waals surface area contributed by atoms with Gasteiger partial charge >= 0.3 is 6.01 Å². The number of piperidine rings is 1. The second-order valence-corrected chi connectivity index (χ2v) is 5.86. The van der Waals surface area contributed by atoms with E-state index in [1.165, 1.54) is 24.7 Å². The fraction of sp³-hybridized carbons (Fsp3) is 0.400. The number of amides is 1. The van der Waals surface area contributed by atoms with Crippen LogP contribution in [0.15, 0.2) is 35.5 Å². The first-order valence-corrected chi connectivity index (χ1v) is 7.94. The Bertz CT molecular complexity index is 764. The van der Waals surface area contributed by atoms with Crippen molar-refractivity contribution in [1.29, 1.82) is 0 Å². The fourth-order valence-corrected chi connectivity index (χ4v) is 2.60.